The number of likely N-dealkylation sites (tertiary alicyclic amines) is 1. The second kappa shape index (κ2) is 7.70. The molecule has 0 aromatic rings. The summed E-state index contributed by atoms with van der Waals surface area (Å²) in [6, 6.07) is -0.130. The summed E-state index contributed by atoms with van der Waals surface area (Å²) in [4.78, 5) is 14.5. The van der Waals surface area contributed by atoms with E-state index < -0.39 is 13.9 Å². The summed E-state index contributed by atoms with van der Waals surface area (Å²) in [6.07, 6.45) is 4.00. The maximum absolute atomic E-state index is 12.7. The van der Waals surface area contributed by atoms with Gasteiger partial charge in [-0.05, 0) is 58.3 Å². The van der Waals surface area contributed by atoms with Crippen LogP contribution in [-0.2, 0) is 13.9 Å². The summed E-state index contributed by atoms with van der Waals surface area (Å²) in [5.74, 6) is 0. The molecule has 0 saturated carbocycles. The Kier molecular flexibility index (Phi) is 6.79. The number of amides is 1. The van der Waals surface area contributed by atoms with Gasteiger partial charge in [0.15, 0.2) is 8.32 Å². The monoisotopic (exact) mass is 371 g/mol. The standard InChI is InChI=1S/C19H37NO4Si/c1-14-16(24-25(9,10)19(5,6)7)13-15(11-12-22-8)20(14)17(21)23-18(2,3)4/h11-12,14-16H,13H2,1-10H3/b12-11+/t14-,15-,16-/m1/s1. The fourth-order valence-corrected chi connectivity index (χ4v) is 4.09. The summed E-state index contributed by atoms with van der Waals surface area (Å²) in [6.45, 7) is 18.9. The van der Waals surface area contributed by atoms with Gasteiger partial charge in [-0.25, -0.2) is 4.79 Å². The molecule has 25 heavy (non-hydrogen) atoms. The van der Waals surface area contributed by atoms with Crippen LogP contribution in [0.4, 0.5) is 4.79 Å². The summed E-state index contributed by atoms with van der Waals surface area (Å²) in [5, 5.41) is 0.129. The third-order valence-electron chi connectivity index (χ3n) is 5.10. The predicted octanol–water partition coefficient (Wildman–Crippen LogP) is 4.93. The van der Waals surface area contributed by atoms with E-state index in [4.69, 9.17) is 13.9 Å². The lowest BCUT2D eigenvalue weighted by Crippen LogP contribution is -2.48. The molecular formula is C19H37NO4Si. The number of rotatable bonds is 4. The molecule has 0 N–H and O–H groups in total. The van der Waals surface area contributed by atoms with Crippen LogP contribution in [0.2, 0.25) is 18.1 Å². The predicted molar refractivity (Wildman–Crippen MR) is 104 cm³/mol. The second-order valence-corrected chi connectivity index (χ2v) is 14.2. The Bertz CT molecular complexity index is 491. The van der Waals surface area contributed by atoms with E-state index >= 15 is 0 Å². The van der Waals surface area contributed by atoms with Crippen molar-refractivity contribution in [2.24, 2.45) is 0 Å². The molecule has 6 heteroatoms. The minimum atomic E-state index is -1.92. The van der Waals surface area contributed by atoms with Crippen LogP contribution in [0.5, 0.6) is 0 Å². The molecule has 0 spiro atoms. The topological polar surface area (TPSA) is 48.0 Å². The van der Waals surface area contributed by atoms with E-state index in [2.05, 4.69) is 33.9 Å². The molecular weight excluding hydrogens is 334 g/mol. The zero-order valence-corrected chi connectivity index (χ0v) is 18.7. The van der Waals surface area contributed by atoms with E-state index in [1.807, 2.05) is 33.8 Å². The molecule has 1 amide bonds. The number of hydrogen-bond donors (Lipinski definition) is 0. The SMILES string of the molecule is CO/C=C/[C@@H]1C[C@@H](O[Si](C)(C)C(C)(C)C)[C@@H](C)N1C(=O)OC(C)(C)C. The molecule has 1 saturated heterocycles. The van der Waals surface area contributed by atoms with Crippen LogP contribution in [0.1, 0.15) is 54.9 Å². The van der Waals surface area contributed by atoms with Crippen molar-refractivity contribution in [1.82, 2.24) is 4.90 Å². The van der Waals surface area contributed by atoms with Crippen molar-refractivity contribution in [3.05, 3.63) is 12.3 Å². The molecule has 1 fully saturated rings. The normalized spacial score (nSPS) is 25.5. The molecule has 0 unspecified atom stereocenters. The highest BCUT2D eigenvalue weighted by molar-refractivity contribution is 6.74. The highest BCUT2D eigenvalue weighted by Crippen LogP contribution is 2.40. The van der Waals surface area contributed by atoms with Crippen LogP contribution in [0.25, 0.3) is 0 Å². The van der Waals surface area contributed by atoms with Crippen LogP contribution >= 0.6 is 0 Å². The number of hydrogen-bond acceptors (Lipinski definition) is 4. The average Bonchev–Trinajstić information content (AvgIpc) is 2.69. The first-order valence-corrected chi connectivity index (χ1v) is 12.0. The van der Waals surface area contributed by atoms with E-state index in [0.717, 1.165) is 6.42 Å². The number of ether oxygens (including phenoxy) is 2. The first-order valence-electron chi connectivity index (χ1n) is 9.08. The molecule has 0 bridgehead atoms. The van der Waals surface area contributed by atoms with Crippen molar-refractivity contribution in [1.29, 1.82) is 0 Å². The largest absolute Gasteiger partial charge is 0.505 e. The summed E-state index contributed by atoms with van der Waals surface area (Å²) in [5.41, 5.74) is -0.523. The Morgan fingerprint density at radius 3 is 2.16 bits per heavy atom. The van der Waals surface area contributed by atoms with Gasteiger partial charge < -0.3 is 13.9 Å². The molecule has 146 valence electrons. The lowest BCUT2D eigenvalue weighted by Gasteiger charge is -2.39. The molecule has 1 rings (SSSR count). The number of carbonyl (C=O) groups is 1. The minimum Gasteiger partial charge on any atom is -0.505 e. The van der Waals surface area contributed by atoms with E-state index in [1.165, 1.54) is 0 Å². The molecule has 0 aromatic heterocycles. The Morgan fingerprint density at radius 2 is 1.72 bits per heavy atom. The summed E-state index contributed by atoms with van der Waals surface area (Å²) >= 11 is 0. The molecule has 3 atom stereocenters. The van der Waals surface area contributed by atoms with Gasteiger partial charge in [0.1, 0.15) is 5.60 Å². The third kappa shape index (κ3) is 5.74. The molecule has 1 aliphatic rings. The highest BCUT2D eigenvalue weighted by atomic mass is 28.4. The van der Waals surface area contributed by atoms with Gasteiger partial charge in [-0.3, -0.25) is 4.90 Å². The van der Waals surface area contributed by atoms with E-state index in [-0.39, 0.29) is 29.3 Å². The van der Waals surface area contributed by atoms with Crippen molar-refractivity contribution in [2.75, 3.05) is 7.11 Å². The first kappa shape index (κ1) is 22.0. The van der Waals surface area contributed by atoms with E-state index in [0.29, 0.717) is 0 Å². The molecule has 1 heterocycles. The van der Waals surface area contributed by atoms with Crippen molar-refractivity contribution in [3.8, 4) is 0 Å². The van der Waals surface area contributed by atoms with E-state index in [9.17, 15) is 4.79 Å². The van der Waals surface area contributed by atoms with Gasteiger partial charge in [-0.15, -0.1) is 0 Å². The van der Waals surface area contributed by atoms with Gasteiger partial charge >= 0.3 is 6.09 Å². The van der Waals surface area contributed by atoms with Crippen LogP contribution < -0.4 is 0 Å². The zero-order valence-electron chi connectivity index (χ0n) is 17.7. The van der Waals surface area contributed by atoms with Gasteiger partial charge in [0.2, 0.25) is 0 Å². The Hall–Kier alpha value is -1.01. The van der Waals surface area contributed by atoms with Crippen molar-refractivity contribution < 1.29 is 18.7 Å². The van der Waals surface area contributed by atoms with Crippen molar-refractivity contribution >= 4 is 14.4 Å². The average molecular weight is 372 g/mol. The number of methoxy groups -OCH3 is 1. The minimum absolute atomic E-state index is 0.0000776. The molecule has 0 radical (unpaired) electrons. The van der Waals surface area contributed by atoms with Crippen LogP contribution in [0.15, 0.2) is 12.3 Å². The molecule has 0 aliphatic carbocycles. The van der Waals surface area contributed by atoms with Gasteiger partial charge in [-0.1, -0.05) is 20.8 Å². The maximum atomic E-state index is 12.7. The van der Waals surface area contributed by atoms with Gasteiger partial charge in [0, 0.05) is 0 Å². The van der Waals surface area contributed by atoms with Gasteiger partial charge in [-0.2, -0.15) is 0 Å². The zero-order chi connectivity index (χ0) is 19.6. The molecule has 0 aromatic carbocycles. The lowest BCUT2D eigenvalue weighted by molar-refractivity contribution is 0.0145. The Labute approximate surface area is 154 Å². The fraction of sp³-hybridized carbons (Fsp3) is 0.842. The maximum Gasteiger partial charge on any atom is 0.411 e. The lowest BCUT2D eigenvalue weighted by atomic mass is 10.1. The molecule has 5 nitrogen and oxygen atoms in total. The van der Waals surface area contributed by atoms with E-state index in [1.54, 1.807) is 18.3 Å². The van der Waals surface area contributed by atoms with Crippen LogP contribution in [-0.4, -0.2) is 50.2 Å². The Morgan fingerprint density at radius 1 is 1.16 bits per heavy atom. The van der Waals surface area contributed by atoms with Gasteiger partial charge in [0.25, 0.3) is 0 Å². The van der Waals surface area contributed by atoms with Crippen LogP contribution in [0.3, 0.4) is 0 Å². The fourth-order valence-electron chi connectivity index (χ4n) is 2.69. The summed E-state index contributed by atoms with van der Waals surface area (Å²) < 4.78 is 17.3. The van der Waals surface area contributed by atoms with Crippen molar-refractivity contribution in [2.45, 2.75) is 96.8 Å². The van der Waals surface area contributed by atoms with Gasteiger partial charge in [0.05, 0.1) is 31.6 Å². The third-order valence-corrected chi connectivity index (χ3v) is 9.61. The second-order valence-electron chi connectivity index (χ2n) is 9.41. The molecule has 1 aliphatic heterocycles. The smallest absolute Gasteiger partial charge is 0.411 e. The van der Waals surface area contributed by atoms with Crippen LogP contribution in [0, 0.1) is 0 Å². The summed E-state index contributed by atoms with van der Waals surface area (Å²) in [7, 11) is -0.310. The Balaban J connectivity index is 3.02. The number of nitrogens with zero attached hydrogens (tertiary/aromatic N) is 1. The van der Waals surface area contributed by atoms with Crippen molar-refractivity contribution in [3.63, 3.8) is 0 Å². The first-order chi connectivity index (χ1) is 11.2. The number of carbonyl (C=O) groups excluding carboxylic acids is 1. The quantitative estimate of drug-likeness (QED) is 0.519. The highest BCUT2D eigenvalue weighted by Gasteiger charge is 2.47.